The Bertz CT molecular complexity index is 241. The highest BCUT2D eigenvalue weighted by Gasteiger charge is 2.00. The third kappa shape index (κ3) is 1.67. The van der Waals surface area contributed by atoms with Crippen molar-refractivity contribution in [2.75, 3.05) is 0 Å². The average Bonchev–Trinajstić information content (AvgIpc) is 1.88. The Morgan fingerprint density at radius 1 is 1.70 bits per heavy atom. The summed E-state index contributed by atoms with van der Waals surface area (Å²) in [5, 5.41) is 0. The highest BCUT2D eigenvalue weighted by atomic mass is 79.9. The van der Waals surface area contributed by atoms with Crippen LogP contribution < -0.4 is 0 Å². The number of nitrogens with zero attached hydrogens (tertiary/aromatic N) is 1. The number of pyridine rings is 1. The summed E-state index contributed by atoms with van der Waals surface area (Å²) in [4.78, 5) is 3.80. The van der Waals surface area contributed by atoms with Crippen LogP contribution in [-0.2, 0) is 5.88 Å². The van der Waals surface area contributed by atoms with Crippen LogP contribution in [-0.4, -0.2) is 4.98 Å². The Morgan fingerprint density at radius 2 is 2.40 bits per heavy atom. The Hall–Kier alpha value is -0.150. The molecular weight excluding hydrogens is 220 g/mol. The number of hydrogen-bond donors (Lipinski definition) is 0. The van der Waals surface area contributed by atoms with Gasteiger partial charge < -0.3 is 0 Å². The van der Waals surface area contributed by atoms with Gasteiger partial charge in [0.25, 0.3) is 0 Å². The number of alkyl halides is 1. The van der Waals surface area contributed by atoms with Gasteiger partial charge in [0.05, 0.1) is 5.88 Å². The van der Waals surface area contributed by atoms with Crippen molar-refractivity contribution in [1.29, 1.82) is 0 Å². The summed E-state index contributed by atoms with van der Waals surface area (Å²) in [6.45, 7) is 0. The Labute approximate surface area is 71.4 Å². The maximum atomic E-state index is 12.7. The summed E-state index contributed by atoms with van der Waals surface area (Å²) >= 11 is 8.42. The lowest BCUT2D eigenvalue weighted by Crippen LogP contribution is -1.87. The molecule has 1 aromatic heterocycles. The maximum absolute atomic E-state index is 12.7. The first-order valence-electron chi connectivity index (χ1n) is 2.60. The number of rotatable bonds is 1. The van der Waals surface area contributed by atoms with Gasteiger partial charge in [0, 0.05) is 17.8 Å². The molecule has 0 saturated carbocycles. The number of aromatic nitrogens is 1. The van der Waals surface area contributed by atoms with Gasteiger partial charge in [-0.3, -0.25) is 0 Å². The van der Waals surface area contributed by atoms with E-state index in [0.717, 1.165) is 0 Å². The van der Waals surface area contributed by atoms with Gasteiger partial charge in [-0.15, -0.1) is 11.6 Å². The van der Waals surface area contributed by atoms with Gasteiger partial charge in [0.2, 0.25) is 0 Å². The molecule has 0 N–H and O–H groups in total. The van der Waals surface area contributed by atoms with Crippen LogP contribution in [0.1, 0.15) is 5.56 Å². The molecule has 4 heteroatoms. The van der Waals surface area contributed by atoms with E-state index in [1.54, 1.807) is 0 Å². The lowest BCUT2D eigenvalue weighted by atomic mass is 10.3. The minimum atomic E-state index is -0.322. The lowest BCUT2D eigenvalue weighted by Gasteiger charge is -1.95. The summed E-state index contributed by atoms with van der Waals surface area (Å²) < 4.78 is 13.2. The first-order valence-corrected chi connectivity index (χ1v) is 3.92. The van der Waals surface area contributed by atoms with E-state index in [0.29, 0.717) is 10.2 Å². The molecule has 0 aliphatic heterocycles. The summed E-state index contributed by atoms with van der Waals surface area (Å²) in [6.07, 6.45) is 1.41. The van der Waals surface area contributed by atoms with Gasteiger partial charge in [-0.2, -0.15) is 0 Å². The van der Waals surface area contributed by atoms with Crippen molar-refractivity contribution in [2.45, 2.75) is 5.88 Å². The van der Waals surface area contributed by atoms with Crippen LogP contribution in [0.4, 0.5) is 4.39 Å². The van der Waals surface area contributed by atoms with Gasteiger partial charge in [0.1, 0.15) is 10.4 Å². The van der Waals surface area contributed by atoms with E-state index in [4.69, 9.17) is 11.6 Å². The summed E-state index contributed by atoms with van der Waals surface area (Å²) in [5.74, 6) is -0.163. The molecule has 1 heterocycles. The van der Waals surface area contributed by atoms with E-state index in [-0.39, 0.29) is 11.7 Å². The van der Waals surface area contributed by atoms with E-state index >= 15 is 0 Å². The molecular formula is C6H4BrClFN. The fraction of sp³-hybridized carbons (Fsp3) is 0.167. The lowest BCUT2D eigenvalue weighted by molar-refractivity contribution is 0.613. The minimum Gasteiger partial charge on any atom is -0.249 e. The average molecular weight is 224 g/mol. The van der Waals surface area contributed by atoms with Crippen LogP contribution in [0.5, 0.6) is 0 Å². The second-order valence-corrected chi connectivity index (χ2v) is 2.81. The molecule has 0 amide bonds. The van der Waals surface area contributed by atoms with Crippen LogP contribution in [0.3, 0.4) is 0 Å². The molecule has 0 radical (unpaired) electrons. The van der Waals surface area contributed by atoms with Gasteiger partial charge in [-0.05, 0) is 15.9 Å². The molecule has 0 unspecified atom stereocenters. The SMILES string of the molecule is Fc1cc(Br)ncc1CCl. The van der Waals surface area contributed by atoms with E-state index in [1.807, 2.05) is 0 Å². The van der Waals surface area contributed by atoms with E-state index < -0.39 is 0 Å². The molecule has 0 aromatic carbocycles. The number of hydrogen-bond acceptors (Lipinski definition) is 1. The van der Waals surface area contributed by atoms with Gasteiger partial charge in [-0.25, -0.2) is 9.37 Å². The summed E-state index contributed by atoms with van der Waals surface area (Å²) in [6, 6.07) is 1.29. The second-order valence-electron chi connectivity index (χ2n) is 1.73. The first kappa shape index (κ1) is 7.95. The highest BCUT2D eigenvalue weighted by molar-refractivity contribution is 9.10. The van der Waals surface area contributed by atoms with Crippen molar-refractivity contribution >= 4 is 27.5 Å². The molecule has 0 bridgehead atoms. The van der Waals surface area contributed by atoms with Gasteiger partial charge in [0.15, 0.2) is 0 Å². The molecule has 0 aliphatic rings. The summed E-state index contributed by atoms with van der Waals surface area (Å²) in [7, 11) is 0. The van der Waals surface area contributed by atoms with E-state index in [9.17, 15) is 4.39 Å². The van der Waals surface area contributed by atoms with Crippen LogP contribution in [0.25, 0.3) is 0 Å². The zero-order chi connectivity index (χ0) is 7.56. The molecule has 0 saturated heterocycles. The van der Waals surface area contributed by atoms with Crippen LogP contribution >= 0.6 is 27.5 Å². The zero-order valence-corrected chi connectivity index (χ0v) is 7.28. The third-order valence-electron chi connectivity index (χ3n) is 1.04. The van der Waals surface area contributed by atoms with Crippen LogP contribution in [0, 0.1) is 5.82 Å². The van der Waals surface area contributed by atoms with Gasteiger partial charge in [-0.1, -0.05) is 0 Å². The summed E-state index contributed by atoms with van der Waals surface area (Å²) in [5.41, 5.74) is 0.421. The maximum Gasteiger partial charge on any atom is 0.131 e. The Kier molecular flexibility index (Phi) is 2.63. The molecule has 0 spiro atoms. The second kappa shape index (κ2) is 3.30. The zero-order valence-electron chi connectivity index (χ0n) is 4.94. The predicted molar refractivity (Wildman–Crippen MR) is 41.5 cm³/mol. The van der Waals surface area contributed by atoms with Crippen molar-refractivity contribution < 1.29 is 4.39 Å². The quantitative estimate of drug-likeness (QED) is 0.528. The van der Waals surface area contributed by atoms with Crippen LogP contribution in [0.2, 0.25) is 0 Å². The highest BCUT2D eigenvalue weighted by Crippen LogP contribution is 2.13. The first-order chi connectivity index (χ1) is 4.74. The molecule has 54 valence electrons. The minimum absolute atomic E-state index is 0.159. The fourth-order valence-corrected chi connectivity index (χ4v) is 1.03. The Morgan fingerprint density at radius 3 is 2.90 bits per heavy atom. The van der Waals surface area contributed by atoms with E-state index in [1.165, 1.54) is 12.3 Å². The fourth-order valence-electron chi connectivity index (χ4n) is 0.534. The largest absolute Gasteiger partial charge is 0.249 e. The molecule has 1 aromatic rings. The van der Waals surface area contributed by atoms with Crippen LogP contribution in [0.15, 0.2) is 16.9 Å². The molecule has 1 rings (SSSR count). The standard InChI is InChI=1S/C6H4BrClFN/c7-6-1-5(9)4(2-8)3-10-6/h1,3H,2H2. The van der Waals surface area contributed by atoms with E-state index in [2.05, 4.69) is 20.9 Å². The predicted octanol–water partition coefficient (Wildman–Crippen LogP) is 2.72. The van der Waals surface area contributed by atoms with Gasteiger partial charge >= 0.3 is 0 Å². The topological polar surface area (TPSA) is 12.9 Å². The monoisotopic (exact) mass is 223 g/mol. The molecule has 0 fully saturated rings. The molecule has 1 nitrogen and oxygen atoms in total. The Balaban J connectivity index is 3.07. The van der Waals surface area contributed by atoms with Crippen molar-refractivity contribution in [3.05, 3.63) is 28.2 Å². The smallest absolute Gasteiger partial charge is 0.131 e. The third-order valence-corrected chi connectivity index (χ3v) is 1.76. The van der Waals surface area contributed by atoms with Crippen molar-refractivity contribution in [3.8, 4) is 0 Å². The molecule has 10 heavy (non-hydrogen) atoms. The normalized spacial score (nSPS) is 9.90. The molecule has 0 atom stereocenters. The number of halogens is 3. The van der Waals surface area contributed by atoms with Crippen molar-refractivity contribution in [3.63, 3.8) is 0 Å². The van der Waals surface area contributed by atoms with Crippen molar-refractivity contribution in [2.24, 2.45) is 0 Å². The van der Waals surface area contributed by atoms with Crippen molar-refractivity contribution in [1.82, 2.24) is 4.98 Å². The molecule has 0 aliphatic carbocycles.